The van der Waals surface area contributed by atoms with Crippen LogP contribution in [0.4, 0.5) is 0 Å². The number of unbranched alkanes of at least 4 members (excludes halogenated alkanes) is 3. The molecule has 0 aliphatic rings. The van der Waals surface area contributed by atoms with Gasteiger partial charge in [-0.25, -0.2) is 0 Å². The summed E-state index contributed by atoms with van der Waals surface area (Å²) in [6.45, 7) is 9.24. The van der Waals surface area contributed by atoms with E-state index < -0.39 is 8.11 Å². The normalized spacial score (nSPS) is 14.1. The number of halogens is 1. The molecule has 0 aromatic rings. The summed E-state index contributed by atoms with van der Waals surface area (Å²) in [4.78, 5) is 0. The topological polar surface area (TPSA) is 0 Å². The van der Waals surface area contributed by atoms with E-state index in [4.69, 9.17) is 11.1 Å². The number of hydrogen-bond donors (Lipinski definition) is 0. The van der Waals surface area contributed by atoms with Gasteiger partial charge in [-0.15, -0.1) is 0 Å². The Morgan fingerprint density at radius 3 is 1.31 bits per heavy atom. The molecular weight excluding hydrogens is 232 g/mol. The Bertz CT molecular complexity index is 135. The van der Waals surface area contributed by atoms with Crippen molar-refractivity contribution in [2.45, 2.75) is 90.1 Å². The minimum Gasteiger partial charge on any atom is -0.171 e. The smallest absolute Gasteiger partial charge is 0.144 e. The van der Waals surface area contributed by atoms with Crippen LogP contribution >= 0.6 is 11.1 Å². The highest BCUT2D eigenvalue weighted by Crippen LogP contribution is 2.47. The second-order valence-corrected chi connectivity index (χ2v) is 9.71. The van der Waals surface area contributed by atoms with E-state index in [9.17, 15) is 0 Å². The van der Waals surface area contributed by atoms with Crippen LogP contribution in [0.5, 0.6) is 0 Å². The molecule has 0 nitrogen and oxygen atoms in total. The fourth-order valence-electron chi connectivity index (χ4n) is 2.56. The van der Waals surface area contributed by atoms with Gasteiger partial charge in [0.2, 0.25) is 0 Å². The van der Waals surface area contributed by atoms with Gasteiger partial charge in [0.15, 0.2) is 0 Å². The Morgan fingerprint density at radius 2 is 1.12 bits per heavy atom. The van der Waals surface area contributed by atoms with Gasteiger partial charge < -0.3 is 0 Å². The molecule has 0 saturated carbocycles. The molecule has 0 fully saturated rings. The molecule has 0 aromatic heterocycles. The molecule has 0 aliphatic carbocycles. The van der Waals surface area contributed by atoms with Crippen LogP contribution in [0, 0.1) is 0 Å². The Morgan fingerprint density at radius 1 is 0.812 bits per heavy atom. The third-order valence-electron chi connectivity index (χ3n) is 3.93. The lowest BCUT2D eigenvalue weighted by Gasteiger charge is -2.36. The summed E-state index contributed by atoms with van der Waals surface area (Å²) in [6, 6.07) is 0. The minimum absolute atomic E-state index is 0.559. The van der Waals surface area contributed by atoms with Crippen LogP contribution in [-0.2, 0) is 0 Å². The fourth-order valence-corrected chi connectivity index (χ4v) is 5.35. The van der Waals surface area contributed by atoms with Gasteiger partial charge in [-0.1, -0.05) is 65.8 Å². The second-order valence-electron chi connectivity index (χ2n) is 5.29. The lowest BCUT2D eigenvalue weighted by molar-refractivity contribution is 0.397. The van der Waals surface area contributed by atoms with E-state index in [2.05, 4.69) is 27.3 Å². The lowest BCUT2D eigenvalue weighted by atomic mass is 9.89. The van der Waals surface area contributed by atoms with E-state index >= 15 is 0 Å². The molecule has 0 heterocycles. The third-order valence-corrected chi connectivity index (χ3v) is 7.87. The van der Waals surface area contributed by atoms with Gasteiger partial charge in [-0.3, -0.25) is 0 Å². The number of hydrogen-bond acceptors (Lipinski definition) is 0. The van der Waals surface area contributed by atoms with Crippen molar-refractivity contribution in [1.82, 2.24) is 0 Å². The summed E-state index contributed by atoms with van der Waals surface area (Å²) in [5.74, 6) is 0. The van der Waals surface area contributed by atoms with Crippen LogP contribution in [0.1, 0.15) is 78.6 Å². The highest BCUT2D eigenvalue weighted by molar-refractivity contribution is 7.07. The van der Waals surface area contributed by atoms with Crippen LogP contribution < -0.4 is 0 Å². The Kier molecular flexibility index (Phi) is 9.83. The first-order valence-corrected chi connectivity index (χ1v) is 10.7. The summed E-state index contributed by atoms with van der Waals surface area (Å²) in [5.41, 5.74) is 0. The minimum atomic E-state index is -1.04. The van der Waals surface area contributed by atoms with Crippen molar-refractivity contribution in [3.8, 4) is 0 Å². The van der Waals surface area contributed by atoms with E-state index in [-0.39, 0.29) is 0 Å². The van der Waals surface area contributed by atoms with E-state index in [1.54, 1.807) is 0 Å². The average Bonchev–Trinajstić information content (AvgIpc) is 2.28. The van der Waals surface area contributed by atoms with Crippen molar-refractivity contribution in [3.05, 3.63) is 0 Å². The first-order chi connectivity index (χ1) is 7.63. The third kappa shape index (κ3) is 5.72. The zero-order chi connectivity index (χ0) is 12.4. The van der Waals surface area contributed by atoms with Crippen LogP contribution in [0.25, 0.3) is 0 Å². The zero-order valence-corrected chi connectivity index (χ0v) is 13.7. The van der Waals surface area contributed by atoms with Gasteiger partial charge in [0.1, 0.15) is 8.11 Å². The molecule has 0 rings (SSSR count). The van der Waals surface area contributed by atoms with Crippen molar-refractivity contribution >= 4 is 19.2 Å². The van der Waals surface area contributed by atoms with Crippen molar-refractivity contribution in [1.29, 1.82) is 0 Å². The quantitative estimate of drug-likeness (QED) is 0.340. The summed E-state index contributed by atoms with van der Waals surface area (Å²) >= 11 is 6.65. The molecule has 0 radical (unpaired) electrons. The summed E-state index contributed by atoms with van der Waals surface area (Å²) in [7, 11) is -1.04. The predicted molar refractivity (Wildman–Crippen MR) is 80.1 cm³/mol. The van der Waals surface area contributed by atoms with Gasteiger partial charge in [0, 0.05) is 0 Å². The number of rotatable bonds is 10. The summed E-state index contributed by atoms with van der Waals surface area (Å²) in [5, 5.41) is 0.559. The Balaban J connectivity index is 4.46. The van der Waals surface area contributed by atoms with Crippen molar-refractivity contribution < 1.29 is 0 Å². The largest absolute Gasteiger partial charge is 0.171 e. The lowest BCUT2D eigenvalue weighted by Crippen LogP contribution is -2.26. The van der Waals surface area contributed by atoms with Gasteiger partial charge in [0.25, 0.3) is 0 Å². The molecular formula is C14H31ClSi. The van der Waals surface area contributed by atoms with Crippen LogP contribution in [0.2, 0.25) is 11.6 Å². The van der Waals surface area contributed by atoms with Gasteiger partial charge >= 0.3 is 0 Å². The maximum Gasteiger partial charge on any atom is 0.144 e. The summed E-state index contributed by atoms with van der Waals surface area (Å²) < 4.78 is 0. The predicted octanol–water partition coefficient (Wildman–Crippen LogP) is 5.89. The van der Waals surface area contributed by atoms with Crippen molar-refractivity contribution in [3.63, 3.8) is 0 Å². The van der Waals surface area contributed by atoms with E-state index in [0.717, 1.165) is 0 Å². The van der Waals surface area contributed by atoms with Crippen LogP contribution in [-0.4, -0.2) is 8.11 Å². The first-order valence-electron chi connectivity index (χ1n) is 7.27. The van der Waals surface area contributed by atoms with Crippen molar-refractivity contribution in [2.75, 3.05) is 0 Å². The monoisotopic (exact) mass is 262 g/mol. The molecule has 0 aromatic carbocycles. The molecule has 0 bridgehead atoms. The molecule has 0 aliphatic heterocycles. The molecule has 2 heteroatoms. The van der Waals surface area contributed by atoms with Crippen LogP contribution in [0.3, 0.4) is 0 Å². The first kappa shape index (κ1) is 16.5. The highest BCUT2D eigenvalue weighted by Gasteiger charge is 2.34. The SMILES string of the molecule is CCCCC(CCCC)(CCCC)[SiH](C)Cl. The molecule has 98 valence electrons. The molecule has 0 N–H and O–H groups in total. The maximum absolute atomic E-state index is 6.65. The molecule has 0 saturated heterocycles. The Labute approximate surface area is 109 Å². The molecule has 0 amide bonds. The van der Waals surface area contributed by atoms with Gasteiger partial charge in [-0.2, -0.15) is 11.1 Å². The molecule has 1 atom stereocenters. The fraction of sp³-hybridized carbons (Fsp3) is 1.00. The van der Waals surface area contributed by atoms with E-state index in [1.165, 1.54) is 57.8 Å². The van der Waals surface area contributed by atoms with Crippen LogP contribution in [0.15, 0.2) is 0 Å². The molecule has 1 unspecified atom stereocenters. The molecule has 16 heavy (non-hydrogen) atoms. The van der Waals surface area contributed by atoms with Gasteiger partial charge in [0.05, 0.1) is 0 Å². The Hall–Kier alpha value is 0.507. The van der Waals surface area contributed by atoms with Crippen molar-refractivity contribution in [2.24, 2.45) is 0 Å². The standard InChI is InChI=1S/C14H31ClSi/c1-5-8-11-14(16(4)15,12-9-6-2)13-10-7-3/h16H,5-13H2,1-4H3. The summed E-state index contributed by atoms with van der Waals surface area (Å²) in [6.07, 6.45) is 12.2. The van der Waals surface area contributed by atoms with E-state index in [0.29, 0.717) is 5.04 Å². The molecule has 0 spiro atoms. The van der Waals surface area contributed by atoms with Gasteiger partial charge in [-0.05, 0) is 24.3 Å². The highest BCUT2D eigenvalue weighted by atomic mass is 35.6. The van der Waals surface area contributed by atoms with E-state index in [1.807, 2.05) is 0 Å². The second kappa shape index (κ2) is 9.53. The maximum atomic E-state index is 6.65. The zero-order valence-electron chi connectivity index (χ0n) is 11.8. The average molecular weight is 263 g/mol.